The van der Waals surface area contributed by atoms with Crippen molar-refractivity contribution in [2.24, 2.45) is 0 Å². The summed E-state index contributed by atoms with van der Waals surface area (Å²) in [5.41, 5.74) is 11.6. The maximum atomic E-state index is 12.4. The fourth-order valence-corrected chi connectivity index (χ4v) is 2.07. The highest BCUT2D eigenvalue weighted by molar-refractivity contribution is 5.93. The van der Waals surface area contributed by atoms with E-state index in [1.807, 2.05) is 0 Å². The average molecular weight is 306 g/mol. The summed E-state index contributed by atoms with van der Waals surface area (Å²) >= 11 is 0. The molecule has 1 saturated heterocycles. The molecule has 9 heteroatoms. The number of nitrogens with two attached hydrogens (primary N) is 2. The van der Waals surface area contributed by atoms with E-state index < -0.39 is 11.6 Å². The van der Waals surface area contributed by atoms with Crippen LogP contribution in [0.2, 0.25) is 0 Å². The fourth-order valence-electron chi connectivity index (χ4n) is 2.07. The van der Waals surface area contributed by atoms with Gasteiger partial charge in [-0.05, 0) is 20.8 Å². The molecule has 1 fully saturated rings. The molecule has 1 atom stereocenters. The van der Waals surface area contributed by atoms with Crippen molar-refractivity contribution in [3.8, 4) is 0 Å². The van der Waals surface area contributed by atoms with Gasteiger partial charge in [0.15, 0.2) is 17.0 Å². The lowest BCUT2D eigenvalue weighted by molar-refractivity contribution is 0.00508. The molecular weight excluding hydrogens is 288 g/mol. The summed E-state index contributed by atoms with van der Waals surface area (Å²) in [6, 6.07) is 0. The van der Waals surface area contributed by atoms with E-state index in [2.05, 4.69) is 15.0 Å². The van der Waals surface area contributed by atoms with Gasteiger partial charge in [-0.3, -0.25) is 0 Å². The number of epoxide rings is 1. The van der Waals surface area contributed by atoms with Crippen molar-refractivity contribution in [3.63, 3.8) is 0 Å². The highest BCUT2D eigenvalue weighted by Gasteiger charge is 2.30. The van der Waals surface area contributed by atoms with Crippen molar-refractivity contribution < 1.29 is 14.3 Å². The molecule has 1 aliphatic rings. The quantitative estimate of drug-likeness (QED) is 0.612. The second-order valence-corrected chi connectivity index (χ2v) is 6.14. The first-order chi connectivity index (χ1) is 10.2. The zero-order valence-electron chi connectivity index (χ0n) is 12.7. The van der Waals surface area contributed by atoms with Gasteiger partial charge in [0.1, 0.15) is 5.60 Å². The van der Waals surface area contributed by atoms with E-state index in [4.69, 9.17) is 20.9 Å². The summed E-state index contributed by atoms with van der Waals surface area (Å²) in [4.78, 5) is 24.6. The van der Waals surface area contributed by atoms with Crippen LogP contribution in [0.25, 0.3) is 11.2 Å². The molecule has 0 unspecified atom stereocenters. The normalized spacial score (nSPS) is 17.7. The third-order valence-electron chi connectivity index (χ3n) is 3.01. The van der Waals surface area contributed by atoms with Crippen LogP contribution in [0.3, 0.4) is 0 Å². The summed E-state index contributed by atoms with van der Waals surface area (Å²) in [7, 11) is 0. The Bertz CT molecular complexity index is 744. The summed E-state index contributed by atoms with van der Waals surface area (Å²) in [5, 5.41) is 0. The molecule has 118 valence electrons. The lowest BCUT2D eigenvalue weighted by Gasteiger charge is -2.19. The number of ether oxygens (including phenoxy) is 2. The van der Waals surface area contributed by atoms with Crippen molar-refractivity contribution >= 4 is 28.9 Å². The van der Waals surface area contributed by atoms with Crippen molar-refractivity contribution in [2.45, 2.75) is 39.0 Å². The Morgan fingerprint density at radius 3 is 2.64 bits per heavy atom. The summed E-state index contributed by atoms with van der Waals surface area (Å²) in [6.07, 6.45) is 0.0241. The maximum absolute atomic E-state index is 12.4. The third-order valence-corrected chi connectivity index (χ3v) is 3.01. The van der Waals surface area contributed by atoms with Gasteiger partial charge in [-0.2, -0.15) is 9.97 Å². The highest BCUT2D eigenvalue weighted by atomic mass is 16.6. The second-order valence-electron chi connectivity index (χ2n) is 6.14. The molecule has 0 aliphatic carbocycles. The molecule has 0 aromatic carbocycles. The predicted molar refractivity (Wildman–Crippen MR) is 79.1 cm³/mol. The predicted octanol–water partition coefficient (Wildman–Crippen LogP) is 0.345. The molecule has 4 N–H and O–H groups in total. The third kappa shape index (κ3) is 2.80. The van der Waals surface area contributed by atoms with Gasteiger partial charge in [0.25, 0.3) is 0 Å². The molecule has 1 aliphatic heterocycles. The first-order valence-electron chi connectivity index (χ1n) is 6.89. The number of imidazole rings is 1. The number of aromatic nitrogens is 4. The average Bonchev–Trinajstić information content (AvgIpc) is 3.09. The van der Waals surface area contributed by atoms with Gasteiger partial charge < -0.3 is 25.5 Å². The van der Waals surface area contributed by atoms with E-state index in [1.165, 1.54) is 0 Å². The molecule has 22 heavy (non-hydrogen) atoms. The fraction of sp³-hybridized carbons (Fsp3) is 0.538. The van der Waals surface area contributed by atoms with E-state index in [0.717, 1.165) is 0 Å². The van der Waals surface area contributed by atoms with Crippen LogP contribution in [0.1, 0.15) is 31.4 Å². The molecule has 0 bridgehead atoms. The van der Waals surface area contributed by atoms with E-state index in [9.17, 15) is 4.79 Å². The van der Waals surface area contributed by atoms with Gasteiger partial charge in [-0.25, -0.2) is 9.78 Å². The minimum absolute atomic E-state index is 0.0241. The molecule has 9 nitrogen and oxygen atoms in total. The van der Waals surface area contributed by atoms with Crippen LogP contribution in [-0.4, -0.2) is 43.8 Å². The molecule has 3 heterocycles. The van der Waals surface area contributed by atoms with Crippen LogP contribution in [-0.2, 0) is 16.0 Å². The maximum Gasteiger partial charge on any atom is 0.375 e. The van der Waals surface area contributed by atoms with Gasteiger partial charge >= 0.3 is 5.97 Å². The number of hydrogen-bond acceptors (Lipinski definition) is 8. The number of carbonyl (C=O) groups is 1. The first kappa shape index (κ1) is 14.5. The molecule has 2 aromatic rings. The first-order valence-corrected chi connectivity index (χ1v) is 6.89. The second kappa shape index (κ2) is 4.80. The van der Waals surface area contributed by atoms with E-state index in [-0.39, 0.29) is 23.7 Å². The van der Waals surface area contributed by atoms with Gasteiger partial charge in [-0.1, -0.05) is 0 Å². The monoisotopic (exact) mass is 306 g/mol. The van der Waals surface area contributed by atoms with E-state index in [1.54, 1.807) is 25.3 Å². The Balaban J connectivity index is 2.11. The number of nitrogens with zero attached hydrogens (tertiary/aromatic N) is 4. The van der Waals surface area contributed by atoms with Gasteiger partial charge in [0, 0.05) is 0 Å². The number of esters is 1. The number of fused-ring (bicyclic) bond motifs is 1. The zero-order chi connectivity index (χ0) is 16.1. The summed E-state index contributed by atoms with van der Waals surface area (Å²) in [6.45, 7) is 6.42. The largest absolute Gasteiger partial charge is 0.454 e. The standard InChI is InChI=1S/C13H18N6O3/c1-13(2,3)22-11(20)10-16-7-8(14)17-12(15)18-9(7)19(10)4-6-5-21-6/h6H,4-5H2,1-3H3,(H4,14,15,17,18)/t6-/m0/s1. The highest BCUT2D eigenvalue weighted by Crippen LogP contribution is 2.24. The Kier molecular flexibility index (Phi) is 3.17. The van der Waals surface area contributed by atoms with Gasteiger partial charge in [-0.15, -0.1) is 0 Å². The Morgan fingerprint density at radius 1 is 1.36 bits per heavy atom. The number of rotatable bonds is 3. The van der Waals surface area contributed by atoms with E-state index >= 15 is 0 Å². The molecule has 3 rings (SSSR count). The molecular formula is C13H18N6O3. The molecule has 2 aromatic heterocycles. The van der Waals surface area contributed by atoms with Crippen molar-refractivity contribution in [1.82, 2.24) is 19.5 Å². The Hall–Kier alpha value is -2.42. The number of anilines is 2. The zero-order valence-corrected chi connectivity index (χ0v) is 12.7. The van der Waals surface area contributed by atoms with Gasteiger partial charge in [0.05, 0.1) is 19.3 Å². The van der Waals surface area contributed by atoms with Crippen LogP contribution < -0.4 is 11.5 Å². The lowest BCUT2D eigenvalue weighted by Crippen LogP contribution is -2.26. The van der Waals surface area contributed by atoms with Crippen molar-refractivity contribution in [1.29, 1.82) is 0 Å². The van der Waals surface area contributed by atoms with Crippen LogP contribution in [0.4, 0.5) is 11.8 Å². The SMILES string of the molecule is CC(C)(C)OC(=O)c1nc2c(N)nc(N)nc2n1C[C@H]1CO1. The Labute approximate surface area is 126 Å². The van der Waals surface area contributed by atoms with Gasteiger partial charge in [0.2, 0.25) is 11.8 Å². The minimum atomic E-state index is -0.633. The number of hydrogen-bond donors (Lipinski definition) is 2. The van der Waals surface area contributed by atoms with Crippen molar-refractivity contribution in [2.75, 3.05) is 18.1 Å². The minimum Gasteiger partial charge on any atom is -0.454 e. The molecule has 0 saturated carbocycles. The van der Waals surface area contributed by atoms with Crippen LogP contribution in [0.5, 0.6) is 0 Å². The topological polar surface area (TPSA) is 134 Å². The van der Waals surface area contributed by atoms with Crippen LogP contribution in [0, 0.1) is 0 Å². The molecule has 0 radical (unpaired) electrons. The van der Waals surface area contributed by atoms with Crippen LogP contribution in [0.15, 0.2) is 0 Å². The van der Waals surface area contributed by atoms with Crippen molar-refractivity contribution in [3.05, 3.63) is 5.82 Å². The summed E-state index contributed by atoms with van der Waals surface area (Å²) < 4.78 is 12.2. The van der Waals surface area contributed by atoms with E-state index in [0.29, 0.717) is 24.3 Å². The Morgan fingerprint density at radius 2 is 2.05 bits per heavy atom. The summed E-state index contributed by atoms with van der Waals surface area (Å²) in [5.74, 6) is -0.280. The lowest BCUT2D eigenvalue weighted by atomic mass is 10.2. The smallest absolute Gasteiger partial charge is 0.375 e. The molecule has 0 amide bonds. The van der Waals surface area contributed by atoms with Crippen LogP contribution >= 0.6 is 0 Å². The molecule has 0 spiro atoms. The number of nitrogen functional groups attached to an aromatic ring is 2. The number of carbonyl (C=O) groups excluding carboxylic acids is 1.